The van der Waals surface area contributed by atoms with Gasteiger partial charge in [0.15, 0.2) is 0 Å². The molecule has 0 aliphatic rings. The van der Waals surface area contributed by atoms with Crippen LogP contribution in [0.15, 0.2) is 29.2 Å². The molecule has 0 spiro atoms. The molecule has 1 aromatic carbocycles. The van der Waals surface area contributed by atoms with Crippen molar-refractivity contribution >= 4 is 31.6 Å². The summed E-state index contributed by atoms with van der Waals surface area (Å²) in [6.07, 6.45) is 2.31. The minimum atomic E-state index is -3.96. The molecular formula is C20H30N4O5S2. The van der Waals surface area contributed by atoms with Gasteiger partial charge in [0.1, 0.15) is 5.69 Å². The van der Waals surface area contributed by atoms with Crippen molar-refractivity contribution in [3.8, 4) is 0 Å². The lowest BCUT2D eigenvalue weighted by atomic mass is 10.2. The highest BCUT2D eigenvalue weighted by molar-refractivity contribution is 7.92. The van der Waals surface area contributed by atoms with Gasteiger partial charge in [0, 0.05) is 25.7 Å². The Labute approximate surface area is 184 Å². The number of hydrogen-bond donors (Lipinski definition) is 0. The fraction of sp³-hybridized carbons (Fsp3) is 0.500. The molecule has 2 rings (SSSR count). The molecule has 1 amide bonds. The second kappa shape index (κ2) is 9.49. The maximum absolute atomic E-state index is 13.2. The highest BCUT2D eigenvalue weighted by atomic mass is 32.2. The quantitative estimate of drug-likeness (QED) is 0.557. The minimum absolute atomic E-state index is 0.0598. The molecular weight excluding hydrogens is 440 g/mol. The van der Waals surface area contributed by atoms with Gasteiger partial charge in [-0.2, -0.15) is 13.7 Å². The first-order valence-corrected chi connectivity index (χ1v) is 13.3. The zero-order chi connectivity index (χ0) is 23.6. The van der Waals surface area contributed by atoms with Crippen LogP contribution in [-0.4, -0.2) is 56.2 Å². The number of sulfonamides is 2. The average Bonchev–Trinajstić information content (AvgIpc) is 2.93. The fourth-order valence-corrected chi connectivity index (χ4v) is 5.99. The molecule has 2 aromatic rings. The summed E-state index contributed by atoms with van der Waals surface area (Å²) in [7, 11) is -6.00. The molecule has 0 atom stereocenters. The lowest BCUT2D eigenvalue weighted by molar-refractivity contribution is 0.100. The van der Waals surface area contributed by atoms with Crippen LogP contribution in [0.5, 0.6) is 0 Å². The van der Waals surface area contributed by atoms with E-state index in [0.717, 1.165) is 6.26 Å². The molecule has 0 saturated carbocycles. The van der Waals surface area contributed by atoms with Crippen LogP contribution >= 0.6 is 0 Å². The lowest BCUT2D eigenvalue weighted by Crippen LogP contribution is -2.37. The Morgan fingerprint density at radius 1 is 1.00 bits per heavy atom. The summed E-state index contributed by atoms with van der Waals surface area (Å²) in [6, 6.07) is 5.35. The summed E-state index contributed by atoms with van der Waals surface area (Å²) in [6.45, 7) is 7.91. The molecule has 1 heterocycles. The van der Waals surface area contributed by atoms with Gasteiger partial charge in [-0.05, 0) is 51.0 Å². The second-order valence-electron chi connectivity index (χ2n) is 7.40. The van der Waals surface area contributed by atoms with E-state index in [1.165, 1.54) is 33.3 Å². The van der Waals surface area contributed by atoms with E-state index in [1.54, 1.807) is 20.9 Å². The van der Waals surface area contributed by atoms with Crippen LogP contribution in [0.1, 0.15) is 48.4 Å². The van der Waals surface area contributed by atoms with Crippen LogP contribution in [0.2, 0.25) is 0 Å². The van der Waals surface area contributed by atoms with Gasteiger partial charge in [0.05, 0.1) is 22.5 Å². The standard InChI is InChI=1S/C20H30N4O5S2/c1-7-13-23(14-8-2)31(28,29)18-11-9-17(10-12-18)20(25)24(30(6,26)27)19-15(3)21-22(5)16(19)4/h9-12H,7-8,13-14H2,1-6H3. The number of hydrogen-bond acceptors (Lipinski definition) is 6. The third-order valence-electron chi connectivity index (χ3n) is 4.88. The van der Waals surface area contributed by atoms with Gasteiger partial charge in [0.25, 0.3) is 5.91 Å². The predicted octanol–water partition coefficient (Wildman–Crippen LogP) is 2.45. The van der Waals surface area contributed by atoms with E-state index in [9.17, 15) is 21.6 Å². The van der Waals surface area contributed by atoms with Gasteiger partial charge in [-0.1, -0.05) is 13.8 Å². The van der Waals surface area contributed by atoms with Gasteiger partial charge in [-0.15, -0.1) is 0 Å². The van der Waals surface area contributed by atoms with Crippen LogP contribution in [0, 0.1) is 13.8 Å². The topological polar surface area (TPSA) is 110 Å². The highest BCUT2D eigenvalue weighted by Gasteiger charge is 2.32. The number of nitrogens with zero attached hydrogens (tertiary/aromatic N) is 4. The Morgan fingerprint density at radius 3 is 1.90 bits per heavy atom. The minimum Gasteiger partial charge on any atom is -0.270 e. The van der Waals surface area contributed by atoms with E-state index < -0.39 is 26.0 Å². The van der Waals surface area contributed by atoms with E-state index in [2.05, 4.69) is 5.10 Å². The maximum Gasteiger partial charge on any atom is 0.272 e. The molecule has 0 fully saturated rings. The van der Waals surface area contributed by atoms with Crippen LogP contribution in [0.25, 0.3) is 0 Å². The number of aromatic nitrogens is 2. The second-order valence-corrected chi connectivity index (χ2v) is 11.2. The van der Waals surface area contributed by atoms with Crippen molar-refractivity contribution in [1.29, 1.82) is 0 Å². The molecule has 0 saturated heterocycles. The van der Waals surface area contributed by atoms with E-state index in [4.69, 9.17) is 0 Å². The molecule has 0 unspecified atom stereocenters. The normalized spacial score (nSPS) is 12.4. The molecule has 172 valence electrons. The summed E-state index contributed by atoms with van der Waals surface area (Å²) in [5.41, 5.74) is 1.17. The Bertz CT molecular complexity index is 1150. The molecule has 0 aliphatic heterocycles. The molecule has 9 nitrogen and oxygen atoms in total. The summed E-state index contributed by atoms with van der Waals surface area (Å²) in [5.74, 6) is -0.773. The number of aryl methyl sites for hydroxylation is 2. The van der Waals surface area contributed by atoms with Gasteiger partial charge in [0.2, 0.25) is 20.0 Å². The Morgan fingerprint density at radius 2 is 1.52 bits per heavy atom. The fourth-order valence-electron chi connectivity index (χ4n) is 3.36. The van der Waals surface area contributed by atoms with Crippen molar-refractivity contribution in [1.82, 2.24) is 14.1 Å². The molecule has 1 aromatic heterocycles. The molecule has 0 bridgehead atoms. The van der Waals surface area contributed by atoms with Crippen molar-refractivity contribution < 1.29 is 21.6 Å². The van der Waals surface area contributed by atoms with Crippen molar-refractivity contribution in [2.75, 3.05) is 23.7 Å². The summed E-state index contributed by atoms with van der Waals surface area (Å²) >= 11 is 0. The number of amides is 1. The SMILES string of the molecule is CCCN(CCC)S(=O)(=O)c1ccc(C(=O)N(c2c(C)nn(C)c2C)S(C)(=O)=O)cc1. The summed E-state index contributed by atoms with van der Waals surface area (Å²) < 4.78 is 54.4. The van der Waals surface area contributed by atoms with E-state index >= 15 is 0 Å². The Balaban J connectivity index is 2.48. The van der Waals surface area contributed by atoms with Crippen LogP contribution in [-0.2, 0) is 27.1 Å². The van der Waals surface area contributed by atoms with Gasteiger partial charge < -0.3 is 0 Å². The molecule has 31 heavy (non-hydrogen) atoms. The Kier molecular flexibility index (Phi) is 7.66. The van der Waals surface area contributed by atoms with Crippen molar-refractivity contribution in [2.24, 2.45) is 7.05 Å². The highest BCUT2D eigenvalue weighted by Crippen LogP contribution is 2.28. The first kappa shape index (κ1) is 25.0. The smallest absolute Gasteiger partial charge is 0.270 e. The van der Waals surface area contributed by atoms with Crippen LogP contribution in [0.3, 0.4) is 0 Å². The first-order chi connectivity index (χ1) is 14.4. The number of rotatable bonds is 9. The predicted molar refractivity (Wildman–Crippen MR) is 120 cm³/mol. The van der Waals surface area contributed by atoms with E-state index in [0.29, 0.717) is 41.6 Å². The van der Waals surface area contributed by atoms with Crippen molar-refractivity contribution in [3.05, 3.63) is 41.2 Å². The average molecular weight is 471 g/mol. The van der Waals surface area contributed by atoms with Crippen LogP contribution in [0.4, 0.5) is 5.69 Å². The van der Waals surface area contributed by atoms with E-state index in [-0.39, 0.29) is 16.1 Å². The number of benzene rings is 1. The zero-order valence-electron chi connectivity index (χ0n) is 18.8. The van der Waals surface area contributed by atoms with Gasteiger partial charge in [-0.3, -0.25) is 9.48 Å². The van der Waals surface area contributed by atoms with Gasteiger partial charge >= 0.3 is 0 Å². The summed E-state index contributed by atoms with van der Waals surface area (Å²) in [4.78, 5) is 13.2. The third-order valence-corrected chi connectivity index (χ3v) is 7.80. The molecule has 11 heteroatoms. The first-order valence-electron chi connectivity index (χ1n) is 10.0. The maximum atomic E-state index is 13.2. The Hall–Kier alpha value is -2.24. The number of anilines is 1. The zero-order valence-corrected chi connectivity index (χ0v) is 20.4. The monoisotopic (exact) mass is 470 g/mol. The summed E-state index contributed by atoms with van der Waals surface area (Å²) in [5, 5.41) is 4.20. The molecule has 0 aliphatic carbocycles. The van der Waals surface area contributed by atoms with Gasteiger partial charge in [-0.25, -0.2) is 16.8 Å². The van der Waals surface area contributed by atoms with E-state index in [1.807, 2.05) is 13.8 Å². The molecule has 0 N–H and O–H groups in total. The van der Waals surface area contributed by atoms with Crippen molar-refractivity contribution in [2.45, 2.75) is 45.4 Å². The van der Waals surface area contributed by atoms with Crippen LogP contribution < -0.4 is 4.31 Å². The number of carbonyl (C=O) groups is 1. The largest absolute Gasteiger partial charge is 0.272 e. The third kappa shape index (κ3) is 5.16. The lowest BCUT2D eigenvalue weighted by Gasteiger charge is -2.22. The van der Waals surface area contributed by atoms with Crippen molar-refractivity contribution in [3.63, 3.8) is 0 Å². The molecule has 0 radical (unpaired) electrons. The number of carbonyl (C=O) groups excluding carboxylic acids is 1.